The lowest BCUT2D eigenvalue weighted by Crippen LogP contribution is -2.43. The number of aliphatic hydroxyl groups is 1. The molecule has 2 aliphatic rings. The van der Waals surface area contributed by atoms with Crippen LogP contribution in [0, 0.1) is 5.41 Å². The SMILES string of the molecule is COP(=O)(O)OP(=O)(OC)OP(=O)(OC)OC1[C@H]2O[C@@H](Cn3ccc(=O)[nH]c3=O)[C@H](O)[C@@]12C(F)F. The predicted molar refractivity (Wildman–Crippen MR) is 108 cm³/mol. The Morgan fingerprint density at radius 1 is 1.14 bits per heavy atom. The lowest BCUT2D eigenvalue weighted by Gasteiger charge is -2.27. The molecule has 0 spiro atoms. The summed E-state index contributed by atoms with van der Waals surface area (Å²) in [7, 11) is -13.2. The monoisotopic (exact) mass is 572 g/mol. The number of H-pyrrole nitrogens is 1. The van der Waals surface area contributed by atoms with Gasteiger partial charge in [0.15, 0.2) is 0 Å². The second-order valence-electron chi connectivity index (χ2n) is 7.20. The number of aliphatic hydroxyl groups excluding tert-OH is 1. The number of nitrogens with zero attached hydrogens (tertiary/aromatic N) is 1. The molecule has 200 valence electrons. The van der Waals surface area contributed by atoms with E-state index in [0.717, 1.165) is 16.8 Å². The second-order valence-corrected chi connectivity index (χ2v) is 12.5. The van der Waals surface area contributed by atoms with Crippen molar-refractivity contribution in [3.63, 3.8) is 0 Å². The van der Waals surface area contributed by atoms with Crippen LogP contribution in [-0.4, -0.2) is 71.7 Å². The van der Waals surface area contributed by atoms with Gasteiger partial charge in [-0.25, -0.2) is 27.3 Å². The molecule has 1 aliphatic carbocycles. The van der Waals surface area contributed by atoms with Crippen molar-refractivity contribution in [3.05, 3.63) is 33.1 Å². The molecule has 1 saturated heterocycles. The standard InChI is InChI=1S/C14H21F2N2O14P3/c1-26-33(22,23)31-35(25,28-3)32-34(24,27-2)30-11-10-14(11,12(15)16)9(20)7(29-10)6-18-5-4-8(19)17-13(18)21/h4-5,7,9-12,20H,6H2,1-3H3,(H,22,23)(H,17,19,21)/t7-,9-,10+,11?,14-,34?,35?/m0/s1. The predicted octanol–water partition coefficient (Wildman–Crippen LogP) is 0.604. The summed E-state index contributed by atoms with van der Waals surface area (Å²) < 4.78 is 97.9. The number of nitrogens with one attached hydrogen (secondary N) is 1. The summed E-state index contributed by atoms with van der Waals surface area (Å²) in [5, 5.41) is 10.6. The summed E-state index contributed by atoms with van der Waals surface area (Å²) in [6.45, 7) is -0.428. The molecular formula is C14H21F2N2O14P3. The number of alkyl halides is 2. The number of fused-ring (bicyclic) bond motifs is 1. The van der Waals surface area contributed by atoms with Crippen LogP contribution < -0.4 is 11.2 Å². The van der Waals surface area contributed by atoms with Crippen LogP contribution in [-0.2, 0) is 51.7 Å². The maximum Gasteiger partial charge on any atom is 0.492 e. The molecule has 21 heteroatoms. The van der Waals surface area contributed by atoms with E-state index in [9.17, 15) is 42.1 Å². The molecule has 0 amide bonds. The van der Waals surface area contributed by atoms with Crippen molar-refractivity contribution in [2.24, 2.45) is 5.41 Å². The highest BCUT2D eigenvalue weighted by Crippen LogP contribution is 2.74. The normalized spacial score (nSPS) is 33.0. The van der Waals surface area contributed by atoms with Crippen molar-refractivity contribution in [2.45, 2.75) is 37.4 Å². The molecular weight excluding hydrogens is 551 g/mol. The van der Waals surface area contributed by atoms with Crippen LogP contribution in [0.5, 0.6) is 0 Å². The van der Waals surface area contributed by atoms with Crippen LogP contribution in [0.15, 0.2) is 21.9 Å². The Hall–Kier alpha value is -1.13. The van der Waals surface area contributed by atoms with Gasteiger partial charge in [-0.05, 0) is 0 Å². The highest BCUT2D eigenvalue weighted by molar-refractivity contribution is 7.67. The minimum absolute atomic E-state index is 0.428. The quantitative estimate of drug-likeness (QED) is 0.293. The van der Waals surface area contributed by atoms with Gasteiger partial charge in [-0.2, -0.15) is 8.62 Å². The maximum atomic E-state index is 14.1. The molecule has 1 aromatic rings. The van der Waals surface area contributed by atoms with E-state index in [1.807, 2.05) is 4.98 Å². The van der Waals surface area contributed by atoms with Gasteiger partial charge >= 0.3 is 29.2 Å². The van der Waals surface area contributed by atoms with E-state index in [2.05, 4.69) is 22.2 Å². The van der Waals surface area contributed by atoms with Gasteiger partial charge < -0.3 is 14.7 Å². The summed E-state index contributed by atoms with van der Waals surface area (Å²) in [6, 6.07) is 0.995. The molecule has 1 saturated carbocycles. The second kappa shape index (κ2) is 9.97. The van der Waals surface area contributed by atoms with Crippen molar-refractivity contribution in [3.8, 4) is 0 Å². The number of phosphoric acid groups is 3. The van der Waals surface area contributed by atoms with Crippen LogP contribution in [0.3, 0.4) is 0 Å². The van der Waals surface area contributed by atoms with Gasteiger partial charge in [-0.15, -0.1) is 0 Å². The van der Waals surface area contributed by atoms with E-state index >= 15 is 0 Å². The van der Waals surface area contributed by atoms with Gasteiger partial charge in [0, 0.05) is 33.6 Å². The van der Waals surface area contributed by atoms with Crippen molar-refractivity contribution >= 4 is 23.5 Å². The third kappa shape index (κ3) is 5.44. The average Bonchev–Trinajstić information content (AvgIpc) is 3.28. The highest BCUT2D eigenvalue weighted by Gasteiger charge is 2.83. The van der Waals surface area contributed by atoms with Crippen LogP contribution in [0.2, 0.25) is 0 Å². The number of rotatable bonds is 12. The third-order valence-electron chi connectivity index (χ3n) is 5.31. The van der Waals surface area contributed by atoms with E-state index < -0.39 is 77.5 Å². The van der Waals surface area contributed by atoms with Crippen molar-refractivity contribution < 1.29 is 63.9 Å². The maximum absolute atomic E-state index is 14.1. The average molecular weight is 572 g/mol. The molecule has 1 aliphatic heterocycles. The third-order valence-corrected chi connectivity index (χ3v) is 10.4. The largest absolute Gasteiger partial charge is 0.492 e. The molecule has 2 fully saturated rings. The number of halogens is 2. The zero-order chi connectivity index (χ0) is 26.4. The van der Waals surface area contributed by atoms with Gasteiger partial charge in [-0.3, -0.25) is 32.4 Å². The number of aromatic nitrogens is 2. The van der Waals surface area contributed by atoms with E-state index in [1.165, 1.54) is 0 Å². The van der Waals surface area contributed by atoms with Crippen molar-refractivity contribution in [1.29, 1.82) is 0 Å². The molecule has 3 rings (SSSR count). The first kappa shape index (κ1) is 28.4. The van der Waals surface area contributed by atoms with Crippen molar-refractivity contribution in [1.82, 2.24) is 9.55 Å². The lowest BCUT2D eigenvalue weighted by atomic mass is 9.96. The molecule has 2 heterocycles. The molecule has 0 radical (unpaired) electrons. The summed E-state index contributed by atoms with van der Waals surface area (Å²) in [6.07, 6.45) is -9.00. The molecule has 35 heavy (non-hydrogen) atoms. The van der Waals surface area contributed by atoms with Crippen LogP contribution in [0.4, 0.5) is 8.78 Å². The van der Waals surface area contributed by atoms with Gasteiger partial charge in [-0.1, -0.05) is 0 Å². The summed E-state index contributed by atoms with van der Waals surface area (Å²) in [5.41, 5.74) is -4.03. The zero-order valence-corrected chi connectivity index (χ0v) is 20.8. The van der Waals surface area contributed by atoms with E-state index in [4.69, 9.17) is 9.26 Å². The number of hydrogen-bond donors (Lipinski definition) is 3. The molecule has 3 N–H and O–H groups in total. The van der Waals surface area contributed by atoms with Gasteiger partial charge in [0.05, 0.1) is 12.6 Å². The minimum Gasteiger partial charge on any atom is -0.389 e. The minimum atomic E-state index is -5.17. The number of phosphoric ester groups is 2. The van der Waals surface area contributed by atoms with E-state index in [0.29, 0.717) is 21.3 Å². The Bertz CT molecular complexity index is 1210. The topological polar surface area (TPSA) is 211 Å². The Morgan fingerprint density at radius 3 is 2.26 bits per heavy atom. The smallest absolute Gasteiger partial charge is 0.389 e. The number of aromatic amines is 1. The van der Waals surface area contributed by atoms with E-state index in [1.54, 1.807) is 0 Å². The molecule has 8 atom stereocenters. The summed E-state index contributed by atoms with van der Waals surface area (Å²) in [4.78, 5) is 34.3. The molecule has 0 aromatic carbocycles. The van der Waals surface area contributed by atoms with Crippen LogP contribution >= 0.6 is 23.5 Å². The number of hydrogen-bond acceptors (Lipinski definition) is 13. The van der Waals surface area contributed by atoms with Crippen LogP contribution in [0.1, 0.15) is 0 Å². The number of ether oxygens (including phenoxy) is 1. The Kier molecular flexibility index (Phi) is 8.10. The Balaban J connectivity index is 1.79. The molecule has 0 bridgehead atoms. The van der Waals surface area contributed by atoms with Gasteiger partial charge in [0.25, 0.3) is 12.0 Å². The molecule has 4 unspecified atom stereocenters. The Morgan fingerprint density at radius 2 is 1.77 bits per heavy atom. The lowest BCUT2D eigenvalue weighted by molar-refractivity contribution is -0.0771. The zero-order valence-electron chi connectivity index (χ0n) is 18.1. The molecule has 16 nitrogen and oxygen atoms in total. The first-order valence-electron chi connectivity index (χ1n) is 9.39. The first-order chi connectivity index (χ1) is 16.2. The fourth-order valence-corrected chi connectivity index (χ4v) is 7.77. The Labute approximate surface area is 194 Å². The van der Waals surface area contributed by atoms with Gasteiger partial charge in [0.1, 0.15) is 23.7 Å². The highest BCUT2D eigenvalue weighted by atomic mass is 31.3. The van der Waals surface area contributed by atoms with E-state index in [-0.39, 0.29) is 0 Å². The summed E-state index contributed by atoms with van der Waals surface area (Å²) >= 11 is 0. The fourth-order valence-electron chi connectivity index (χ4n) is 3.52. The summed E-state index contributed by atoms with van der Waals surface area (Å²) in [5.74, 6) is 0. The fraction of sp³-hybridized carbons (Fsp3) is 0.714. The first-order valence-corrected chi connectivity index (χ1v) is 13.8. The van der Waals surface area contributed by atoms with Crippen LogP contribution in [0.25, 0.3) is 0 Å². The van der Waals surface area contributed by atoms with Crippen molar-refractivity contribution in [2.75, 3.05) is 21.3 Å². The van der Waals surface area contributed by atoms with Gasteiger partial charge in [0.2, 0.25) is 0 Å². The molecule has 1 aromatic heterocycles.